The zero-order valence-electron chi connectivity index (χ0n) is 18.9. The number of benzene rings is 2. The van der Waals surface area contributed by atoms with Crippen LogP contribution in [0.15, 0.2) is 47.0 Å². The summed E-state index contributed by atoms with van der Waals surface area (Å²) in [6, 6.07) is 11.9. The van der Waals surface area contributed by atoms with Crippen LogP contribution < -0.4 is 4.74 Å². The minimum Gasteiger partial charge on any atom is -0.491 e. The quantitative estimate of drug-likeness (QED) is 0.408. The standard InChI is InChI=1S/C24H26FN5O3S/c1-16-26-21-12-20(6-7-22(21)34-16)32-15-19(31)13-29-8-10-30(11-9-29)14-23-27-24(28-33-23)17-2-4-18(25)5-3-17/h2-7,12,19,31H,8-11,13-15H2,1H3/t19-/m0/s1. The fourth-order valence-electron chi connectivity index (χ4n) is 4.01. The van der Waals surface area contributed by atoms with Crippen LogP contribution in [0, 0.1) is 12.7 Å². The molecule has 10 heteroatoms. The number of hydrogen-bond donors (Lipinski definition) is 1. The number of nitrogens with zero attached hydrogens (tertiary/aromatic N) is 5. The molecule has 0 amide bonds. The molecule has 4 aromatic rings. The molecule has 0 spiro atoms. The Labute approximate surface area is 200 Å². The number of thiazole rings is 1. The molecular formula is C24H26FN5O3S. The van der Waals surface area contributed by atoms with Gasteiger partial charge in [0.25, 0.3) is 0 Å². The van der Waals surface area contributed by atoms with Gasteiger partial charge >= 0.3 is 0 Å². The van der Waals surface area contributed by atoms with Crippen molar-refractivity contribution >= 4 is 21.6 Å². The summed E-state index contributed by atoms with van der Waals surface area (Å²) in [7, 11) is 0. The van der Waals surface area contributed by atoms with Crippen molar-refractivity contribution in [2.24, 2.45) is 0 Å². The summed E-state index contributed by atoms with van der Waals surface area (Å²) >= 11 is 1.66. The van der Waals surface area contributed by atoms with Crippen LogP contribution in [-0.4, -0.2) is 75.5 Å². The number of aliphatic hydroxyl groups is 1. The monoisotopic (exact) mass is 483 g/mol. The lowest BCUT2D eigenvalue weighted by atomic mass is 10.2. The maximum absolute atomic E-state index is 13.1. The van der Waals surface area contributed by atoms with Crippen LogP contribution in [0.2, 0.25) is 0 Å². The lowest BCUT2D eigenvalue weighted by Gasteiger charge is -2.34. The molecule has 1 fully saturated rings. The average Bonchev–Trinajstić information content (AvgIpc) is 3.44. The number of aryl methyl sites for hydroxylation is 1. The molecule has 2 aromatic heterocycles. The highest BCUT2D eigenvalue weighted by molar-refractivity contribution is 7.18. The van der Waals surface area contributed by atoms with E-state index in [0.717, 1.165) is 52.7 Å². The zero-order chi connectivity index (χ0) is 23.5. The minimum absolute atomic E-state index is 0.239. The van der Waals surface area contributed by atoms with Gasteiger partial charge in [-0.25, -0.2) is 9.37 Å². The lowest BCUT2D eigenvalue weighted by Crippen LogP contribution is -2.48. The number of aromatic nitrogens is 3. The van der Waals surface area contributed by atoms with Gasteiger partial charge in [0.2, 0.25) is 11.7 Å². The number of fused-ring (bicyclic) bond motifs is 1. The third kappa shape index (κ3) is 5.58. The Morgan fingerprint density at radius 2 is 1.85 bits per heavy atom. The molecule has 178 valence electrons. The van der Waals surface area contributed by atoms with Crippen LogP contribution >= 0.6 is 11.3 Å². The predicted molar refractivity (Wildman–Crippen MR) is 127 cm³/mol. The topological polar surface area (TPSA) is 87.8 Å². The molecule has 0 bridgehead atoms. The first-order chi connectivity index (χ1) is 16.5. The van der Waals surface area contributed by atoms with Crippen LogP contribution in [0.25, 0.3) is 21.6 Å². The van der Waals surface area contributed by atoms with Gasteiger partial charge in [-0.15, -0.1) is 11.3 Å². The van der Waals surface area contributed by atoms with Crippen LogP contribution in [0.1, 0.15) is 10.9 Å². The maximum atomic E-state index is 13.1. The summed E-state index contributed by atoms with van der Waals surface area (Å²) in [5.41, 5.74) is 1.65. The van der Waals surface area contributed by atoms with Crippen molar-refractivity contribution in [1.29, 1.82) is 0 Å². The van der Waals surface area contributed by atoms with E-state index in [0.29, 0.717) is 24.8 Å². The number of rotatable bonds is 8. The highest BCUT2D eigenvalue weighted by Crippen LogP contribution is 2.25. The smallest absolute Gasteiger partial charge is 0.241 e. The first kappa shape index (κ1) is 22.9. The van der Waals surface area contributed by atoms with E-state index in [1.807, 2.05) is 25.1 Å². The molecule has 0 radical (unpaired) electrons. The number of halogens is 1. The summed E-state index contributed by atoms with van der Waals surface area (Å²) in [4.78, 5) is 13.4. The van der Waals surface area contributed by atoms with Gasteiger partial charge in [-0.05, 0) is 43.3 Å². The zero-order valence-corrected chi connectivity index (χ0v) is 19.7. The SMILES string of the molecule is Cc1nc2cc(OC[C@@H](O)CN3CCN(Cc4nc(-c5ccc(F)cc5)no4)CC3)ccc2s1. The summed E-state index contributed by atoms with van der Waals surface area (Å²) in [5, 5.41) is 15.5. The Hall–Kier alpha value is -2.92. The van der Waals surface area contributed by atoms with Crippen LogP contribution in [0.3, 0.4) is 0 Å². The van der Waals surface area contributed by atoms with Crippen molar-refractivity contribution in [1.82, 2.24) is 24.9 Å². The molecule has 0 unspecified atom stereocenters. The van der Waals surface area contributed by atoms with E-state index in [9.17, 15) is 9.50 Å². The Bertz CT molecular complexity index is 1240. The van der Waals surface area contributed by atoms with Crippen molar-refractivity contribution in [2.45, 2.75) is 19.6 Å². The van der Waals surface area contributed by atoms with E-state index in [1.54, 1.807) is 23.5 Å². The van der Waals surface area contributed by atoms with Gasteiger partial charge in [-0.1, -0.05) is 5.16 Å². The second-order valence-electron chi connectivity index (χ2n) is 8.42. The maximum Gasteiger partial charge on any atom is 0.241 e. The molecule has 34 heavy (non-hydrogen) atoms. The van der Waals surface area contributed by atoms with E-state index in [2.05, 4.69) is 24.9 Å². The summed E-state index contributed by atoms with van der Waals surface area (Å²) < 4.78 is 25.4. The van der Waals surface area contributed by atoms with Gasteiger partial charge in [-0.3, -0.25) is 9.80 Å². The van der Waals surface area contributed by atoms with E-state index in [4.69, 9.17) is 9.26 Å². The largest absolute Gasteiger partial charge is 0.491 e. The van der Waals surface area contributed by atoms with E-state index >= 15 is 0 Å². The number of aliphatic hydroxyl groups excluding tert-OH is 1. The summed E-state index contributed by atoms with van der Waals surface area (Å²) in [6.07, 6.45) is -0.575. The van der Waals surface area contributed by atoms with Crippen LogP contribution in [0.5, 0.6) is 5.75 Å². The van der Waals surface area contributed by atoms with Gasteiger partial charge in [-0.2, -0.15) is 4.98 Å². The van der Waals surface area contributed by atoms with Crippen LogP contribution in [-0.2, 0) is 6.54 Å². The molecular weight excluding hydrogens is 457 g/mol. The summed E-state index contributed by atoms with van der Waals surface area (Å²) in [5.74, 6) is 1.42. The van der Waals surface area contributed by atoms with Crippen molar-refractivity contribution < 1.29 is 18.8 Å². The Morgan fingerprint density at radius 3 is 2.65 bits per heavy atom. The van der Waals surface area contributed by atoms with E-state index in [-0.39, 0.29) is 12.4 Å². The third-order valence-corrected chi connectivity index (χ3v) is 6.72. The van der Waals surface area contributed by atoms with Gasteiger partial charge in [0.05, 0.1) is 21.8 Å². The molecule has 1 saturated heterocycles. The lowest BCUT2D eigenvalue weighted by molar-refractivity contribution is 0.0426. The Kier molecular flexibility index (Phi) is 6.82. The number of hydrogen-bond acceptors (Lipinski definition) is 9. The van der Waals surface area contributed by atoms with E-state index in [1.165, 1.54) is 12.1 Å². The third-order valence-electron chi connectivity index (χ3n) is 5.77. The molecule has 3 heterocycles. The molecule has 5 rings (SSSR count). The van der Waals surface area contributed by atoms with Gasteiger partial charge in [0.15, 0.2) is 0 Å². The van der Waals surface area contributed by atoms with Gasteiger partial charge in [0, 0.05) is 44.4 Å². The first-order valence-electron chi connectivity index (χ1n) is 11.2. The highest BCUT2D eigenvalue weighted by atomic mass is 32.1. The molecule has 1 atom stereocenters. The van der Waals surface area contributed by atoms with Crippen LogP contribution in [0.4, 0.5) is 4.39 Å². The second-order valence-corrected chi connectivity index (χ2v) is 9.66. The fraction of sp³-hybridized carbons (Fsp3) is 0.375. The molecule has 0 saturated carbocycles. The Balaban J connectivity index is 1.05. The van der Waals surface area contributed by atoms with Crippen molar-refractivity contribution in [3.8, 4) is 17.1 Å². The fourth-order valence-corrected chi connectivity index (χ4v) is 4.82. The van der Waals surface area contributed by atoms with E-state index < -0.39 is 6.10 Å². The average molecular weight is 484 g/mol. The molecule has 1 N–H and O–H groups in total. The van der Waals surface area contributed by atoms with Gasteiger partial charge < -0.3 is 14.4 Å². The normalized spacial score (nSPS) is 16.2. The predicted octanol–water partition coefficient (Wildman–Crippen LogP) is 3.35. The molecule has 8 nitrogen and oxygen atoms in total. The molecule has 0 aliphatic carbocycles. The van der Waals surface area contributed by atoms with Crippen molar-refractivity contribution in [3.63, 3.8) is 0 Å². The number of piperazine rings is 1. The van der Waals surface area contributed by atoms with Gasteiger partial charge in [0.1, 0.15) is 24.3 Å². The highest BCUT2D eigenvalue weighted by Gasteiger charge is 2.21. The minimum atomic E-state index is -0.575. The van der Waals surface area contributed by atoms with Crippen molar-refractivity contribution in [2.75, 3.05) is 39.3 Å². The first-order valence-corrected chi connectivity index (χ1v) is 12.0. The molecule has 2 aromatic carbocycles. The van der Waals surface area contributed by atoms with Crippen molar-refractivity contribution in [3.05, 3.63) is 59.2 Å². The molecule has 1 aliphatic heterocycles. The molecule has 1 aliphatic rings. The number of ether oxygens (including phenoxy) is 1. The Morgan fingerprint density at radius 1 is 1.09 bits per heavy atom. The summed E-state index contributed by atoms with van der Waals surface area (Å²) in [6.45, 7) is 6.68. The number of β-amino-alcohol motifs (C(OH)–C–C–N with tert-alkyl or cyclic N) is 1. The second kappa shape index (κ2) is 10.1.